The molecular weight excluding hydrogens is 626 g/mol. The molecule has 22 nitrogen and oxygen atoms in total. The average Bonchev–Trinajstić information content (AvgIpc) is 3.54. The molecule has 11 N–H and O–H groups in total. The molecule has 24 heteroatoms. The van der Waals surface area contributed by atoms with Crippen LogP contribution in [-0.4, -0.2) is 95.7 Å². The molecule has 9 unspecified atom stereocenters. The first kappa shape index (κ1) is 31.3. The molecule has 0 saturated carbocycles. The summed E-state index contributed by atoms with van der Waals surface area (Å²) in [5.74, 6) is -0.375. The van der Waals surface area contributed by atoms with E-state index in [0.29, 0.717) is 0 Å². The Morgan fingerprint density at radius 3 is 2.49 bits per heavy atom. The number of H-pyrrole nitrogens is 1. The van der Waals surface area contributed by atoms with Crippen LogP contribution in [-0.2, 0) is 27.4 Å². The minimum Gasteiger partial charge on any atom is -0.390 e. The molecule has 0 radical (unpaired) electrons. The molecule has 236 valence electrons. The van der Waals surface area contributed by atoms with Crippen molar-refractivity contribution in [2.75, 3.05) is 11.5 Å². The summed E-state index contributed by atoms with van der Waals surface area (Å²) >= 11 is 0. The van der Waals surface area contributed by atoms with Gasteiger partial charge in [-0.2, -0.15) is 14.3 Å². The van der Waals surface area contributed by atoms with Gasteiger partial charge in [0.2, 0.25) is 5.95 Å². The molecule has 0 aromatic carbocycles. The lowest BCUT2D eigenvalue weighted by atomic mass is 9.98. The molecule has 3 aromatic heterocycles. The van der Waals surface area contributed by atoms with Gasteiger partial charge < -0.3 is 50.9 Å². The van der Waals surface area contributed by atoms with E-state index in [0.717, 1.165) is 15.5 Å². The predicted molar refractivity (Wildman–Crippen MR) is 138 cm³/mol. The summed E-state index contributed by atoms with van der Waals surface area (Å²) in [5.41, 5.74) is 9.27. The van der Waals surface area contributed by atoms with Gasteiger partial charge in [-0.1, -0.05) is 0 Å². The van der Waals surface area contributed by atoms with Crippen molar-refractivity contribution in [1.82, 2.24) is 29.1 Å². The second kappa shape index (κ2) is 11.4. The van der Waals surface area contributed by atoms with Crippen molar-refractivity contribution in [1.29, 1.82) is 0 Å². The standard InChI is InChI=1S/C19H26N8O14P2/c20-9-1-2-26(19(32)23-9)10-3-6(28)14(39-10)8(40-43(36,37)41-42(33,34)35)4-7-12(29)13(30)17(38-7)27-5-22-11-15(27)24-18(21)25-16(11)31/h1-2,5-8,10,12-14,17,28-30H,3-4H2,(H,36,37)(H2,20,23,32)(H2,33,34,35)(H3,21,24,25,31). The fraction of sp³-hybridized carbons (Fsp3) is 0.526. The van der Waals surface area contributed by atoms with E-state index in [1.807, 2.05) is 0 Å². The number of aromatic nitrogens is 6. The van der Waals surface area contributed by atoms with E-state index in [9.17, 15) is 38.9 Å². The Balaban J connectivity index is 1.43. The first-order valence-electron chi connectivity index (χ1n) is 12.2. The number of hydrogen-bond acceptors (Lipinski definition) is 16. The normalized spacial score (nSPS) is 30.0. The third-order valence-electron chi connectivity index (χ3n) is 6.67. The average molecular weight is 652 g/mol. The SMILES string of the molecule is Nc1ccn(C2CC(O)C(C(CC3OC(n4cnc5c(=O)[nH]c(N)nc54)C(O)C3O)OP(=O)(O)OP(=O)(O)O)O2)c(=O)n1. The van der Waals surface area contributed by atoms with Gasteiger partial charge in [-0.3, -0.25) is 23.4 Å². The zero-order valence-electron chi connectivity index (χ0n) is 21.5. The molecular formula is C19H26N8O14P2. The van der Waals surface area contributed by atoms with Crippen LogP contribution in [0.25, 0.3) is 11.2 Å². The summed E-state index contributed by atoms with van der Waals surface area (Å²) in [7, 11) is -11.2. The molecule has 2 fully saturated rings. The van der Waals surface area contributed by atoms with Crippen molar-refractivity contribution in [3.05, 3.63) is 39.4 Å². The summed E-state index contributed by atoms with van der Waals surface area (Å²) in [6.07, 6.45) is -11.1. The minimum absolute atomic E-state index is 0.0954. The van der Waals surface area contributed by atoms with Gasteiger partial charge in [0.05, 0.1) is 18.5 Å². The molecule has 2 aliphatic rings. The second-order valence-corrected chi connectivity index (χ2v) is 12.4. The van der Waals surface area contributed by atoms with E-state index in [1.54, 1.807) is 0 Å². The highest BCUT2D eigenvalue weighted by Gasteiger charge is 2.50. The smallest absolute Gasteiger partial charge is 0.390 e. The number of phosphoric ester groups is 1. The van der Waals surface area contributed by atoms with E-state index in [-0.39, 0.29) is 29.4 Å². The highest BCUT2D eigenvalue weighted by molar-refractivity contribution is 7.60. The van der Waals surface area contributed by atoms with E-state index in [2.05, 4.69) is 24.2 Å². The summed E-state index contributed by atoms with van der Waals surface area (Å²) in [5, 5.41) is 32.4. The lowest BCUT2D eigenvalue weighted by molar-refractivity contribution is -0.106. The number of hydrogen-bond donors (Lipinski definition) is 9. The maximum atomic E-state index is 12.5. The van der Waals surface area contributed by atoms with Crippen LogP contribution in [0.4, 0.5) is 11.8 Å². The third kappa shape index (κ3) is 6.55. The molecule has 0 aliphatic carbocycles. The van der Waals surface area contributed by atoms with Gasteiger partial charge in [0, 0.05) is 19.0 Å². The van der Waals surface area contributed by atoms with Crippen LogP contribution >= 0.6 is 15.6 Å². The van der Waals surface area contributed by atoms with Gasteiger partial charge in [0.15, 0.2) is 17.4 Å². The van der Waals surface area contributed by atoms with Crippen LogP contribution in [0, 0.1) is 0 Å². The molecule has 43 heavy (non-hydrogen) atoms. The Kier molecular flexibility index (Phi) is 8.33. The van der Waals surface area contributed by atoms with Crippen LogP contribution in [0.15, 0.2) is 28.2 Å². The van der Waals surface area contributed by atoms with Gasteiger partial charge in [-0.25, -0.2) is 18.9 Å². The van der Waals surface area contributed by atoms with Crippen molar-refractivity contribution in [2.45, 2.75) is 61.9 Å². The zero-order chi connectivity index (χ0) is 31.4. The number of nitrogens with two attached hydrogens (primary N) is 2. The monoisotopic (exact) mass is 652 g/mol. The molecule has 3 aromatic rings. The van der Waals surface area contributed by atoms with Crippen molar-refractivity contribution in [3.8, 4) is 0 Å². The molecule has 5 rings (SSSR count). The van der Waals surface area contributed by atoms with Crippen molar-refractivity contribution in [2.24, 2.45) is 0 Å². The van der Waals surface area contributed by atoms with E-state index < -0.39 is 82.4 Å². The lowest BCUT2D eigenvalue weighted by Crippen LogP contribution is -2.41. The highest BCUT2D eigenvalue weighted by Crippen LogP contribution is 2.59. The number of ether oxygens (including phenoxy) is 2. The number of phosphoric acid groups is 2. The number of nitrogens with zero attached hydrogens (tertiary/aromatic N) is 5. The summed E-state index contributed by atoms with van der Waals surface area (Å²) in [4.78, 5) is 66.3. The number of aliphatic hydroxyl groups excluding tert-OH is 3. The largest absolute Gasteiger partial charge is 0.481 e. The van der Waals surface area contributed by atoms with Crippen LogP contribution in [0.1, 0.15) is 25.3 Å². The number of aromatic amines is 1. The summed E-state index contributed by atoms with van der Waals surface area (Å²) in [6, 6.07) is 1.27. The molecule has 0 spiro atoms. The van der Waals surface area contributed by atoms with E-state index in [1.165, 1.54) is 12.3 Å². The predicted octanol–water partition coefficient (Wildman–Crippen LogP) is -3.21. The molecule has 5 heterocycles. The number of fused-ring (bicyclic) bond motifs is 1. The van der Waals surface area contributed by atoms with Crippen LogP contribution in [0.5, 0.6) is 0 Å². The Hall–Kier alpha value is -3.11. The zero-order valence-corrected chi connectivity index (χ0v) is 23.3. The fourth-order valence-corrected chi connectivity index (χ4v) is 6.68. The Labute approximate surface area is 238 Å². The maximum absolute atomic E-state index is 12.5. The quantitative estimate of drug-likeness (QED) is 0.103. The Morgan fingerprint density at radius 2 is 1.81 bits per heavy atom. The minimum atomic E-state index is -5.58. The third-order valence-corrected chi connectivity index (χ3v) is 8.88. The Morgan fingerprint density at radius 1 is 1.09 bits per heavy atom. The molecule has 2 saturated heterocycles. The Bertz CT molecular complexity index is 1720. The number of anilines is 2. The van der Waals surface area contributed by atoms with Crippen molar-refractivity contribution < 1.29 is 57.4 Å². The van der Waals surface area contributed by atoms with Gasteiger partial charge in [-0.05, 0) is 6.07 Å². The molecule has 0 bridgehead atoms. The van der Waals surface area contributed by atoms with Crippen LogP contribution in [0.3, 0.4) is 0 Å². The van der Waals surface area contributed by atoms with Crippen LogP contribution < -0.4 is 22.7 Å². The first-order chi connectivity index (χ1) is 20.0. The van der Waals surface area contributed by atoms with E-state index >= 15 is 0 Å². The first-order valence-corrected chi connectivity index (χ1v) is 15.3. The van der Waals surface area contributed by atoms with Crippen LogP contribution in [0.2, 0.25) is 0 Å². The summed E-state index contributed by atoms with van der Waals surface area (Å²) in [6.45, 7) is 0. The van der Waals surface area contributed by atoms with Gasteiger partial charge >= 0.3 is 21.3 Å². The molecule has 2 aliphatic heterocycles. The van der Waals surface area contributed by atoms with Gasteiger partial charge in [-0.15, -0.1) is 0 Å². The lowest BCUT2D eigenvalue weighted by Gasteiger charge is -2.29. The fourth-order valence-electron chi connectivity index (χ4n) is 4.90. The van der Waals surface area contributed by atoms with E-state index in [4.69, 9.17) is 35.3 Å². The number of nitrogens with one attached hydrogen (secondary N) is 1. The summed E-state index contributed by atoms with van der Waals surface area (Å²) < 4.78 is 46.2. The maximum Gasteiger partial charge on any atom is 0.481 e. The molecule has 9 atom stereocenters. The number of nitrogen functional groups attached to an aromatic ring is 2. The topological polar surface area (TPSA) is 343 Å². The van der Waals surface area contributed by atoms with Gasteiger partial charge in [0.1, 0.15) is 36.5 Å². The van der Waals surface area contributed by atoms with Gasteiger partial charge in [0.25, 0.3) is 5.56 Å². The number of rotatable bonds is 9. The highest BCUT2D eigenvalue weighted by atomic mass is 31.3. The second-order valence-electron chi connectivity index (χ2n) is 9.64. The van der Waals surface area contributed by atoms with Crippen molar-refractivity contribution in [3.63, 3.8) is 0 Å². The molecule has 0 amide bonds. The number of imidazole rings is 1. The number of aliphatic hydroxyl groups is 3. The van der Waals surface area contributed by atoms with Crippen molar-refractivity contribution >= 4 is 38.6 Å².